The molecule has 7 heteroatoms. The van der Waals surface area contributed by atoms with Crippen LogP contribution in [-0.2, 0) is 10.0 Å². The Morgan fingerprint density at radius 2 is 1.89 bits per heavy atom. The van der Waals surface area contributed by atoms with E-state index in [-0.39, 0.29) is 22.0 Å². The van der Waals surface area contributed by atoms with Crippen molar-refractivity contribution >= 4 is 21.6 Å². The van der Waals surface area contributed by atoms with Crippen molar-refractivity contribution in [2.24, 2.45) is 0 Å². The summed E-state index contributed by atoms with van der Waals surface area (Å²) in [5.74, 6) is -0.859. The van der Waals surface area contributed by atoms with Gasteiger partial charge in [0.05, 0.1) is 5.02 Å². The first-order chi connectivity index (χ1) is 9.01. The van der Waals surface area contributed by atoms with Crippen LogP contribution in [0.5, 0.6) is 0 Å². The maximum atomic E-state index is 14.0. The molecule has 2 heterocycles. The van der Waals surface area contributed by atoms with Crippen LogP contribution in [0.4, 0.5) is 4.39 Å². The Morgan fingerprint density at radius 3 is 2.53 bits per heavy atom. The van der Waals surface area contributed by atoms with Gasteiger partial charge >= 0.3 is 0 Å². The Balaban J connectivity index is 2.06. The first kappa shape index (κ1) is 13.3. The van der Waals surface area contributed by atoms with Gasteiger partial charge in [-0.25, -0.2) is 12.8 Å². The van der Waals surface area contributed by atoms with E-state index in [4.69, 9.17) is 11.6 Å². The van der Waals surface area contributed by atoms with Gasteiger partial charge in [-0.05, 0) is 25.0 Å². The Hall–Kier alpha value is -0.690. The van der Waals surface area contributed by atoms with E-state index in [1.54, 1.807) is 0 Å². The number of nitrogens with zero attached hydrogens (tertiary/aromatic N) is 1. The molecule has 0 aromatic heterocycles. The highest BCUT2D eigenvalue weighted by Crippen LogP contribution is 2.34. The molecule has 104 valence electrons. The van der Waals surface area contributed by atoms with Gasteiger partial charge in [-0.2, -0.15) is 4.31 Å². The van der Waals surface area contributed by atoms with Crippen molar-refractivity contribution in [1.82, 2.24) is 9.62 Å². The molecule has 0 radical (unpaired) electrons. The molecule has 3 rings (SSSR count). The Morgan fingerprint density at radius 1 is 1.26 bits per heavy atom. The number of nitrogens with one attached hydrogen (secondary N) is 1. The second-order valence-electron chi connectivity index (χ2n) is 4.93. The van der Waals surface area contributed by atoms with E-state index in [2.05, 4.69) is 5.32 Å². The SMILES string of the molecule is O=S(=O)(c1cccc(Cl)c1F)N1C2CCC1CNC2. The Bertz CT molecular complexity index is 592. The zero-order chi connectivity index (χ0) is 13.6. The quantitative estimate of drug-likeness (QED) is 0.903. The molecule has 0 aliphatic carbocycles. The van der Waals surface area contributed by atoms with Gasteiger partial charge in [0.1, 0.15) is 4.90 Å². The van der Waals surface area contributed by atoms with Gasteiger partial charge < -0.3 is 5.32 Å². The number of sulfonamides is 1. The predicted octanol–water partition coefficient (Wildman–Crippen LogP) is 1.60. The fraction of sp³-hybridized carbons (Fsp3) is 0.500. The number of hydrogen-bond acceptors (Lipinski definition) is 3. The zero-order valence-electron chi connectivity index (χ0n) is 10.1. The van der Waals surface area contributed by atoms with E-state index in [1.807, 2.05) is 0 Å². The van der Waals surface area contributed by atoms with Gasteiger partial charge in [-0.1, -0.05) is 17.7 Å². The van der Waals surface area contributed by atoms with Crippen molar-refractivity contribution in [1.29, 1.82) is 0 Å². The van der Waals surface area contributed by atoms with Crippen molar-refractivity contribution in [3.8, 4) is 0 Å². The molecule has 1 aromatic carbocycles. The lowest BCUT2D eigenvalue weighted by atomic mass is 10.2. The third-order valence-electron chi connectivity index (χ3n) is 3.78. The molecule has 0 amide bonds. The number of benzene rings is 1. The molecule has 1 aromatic rings. The highest BCUT2D eigenvalue weighted by Gasteiger charge is 2.45. The second kappa shape index (κ2) is 4.70. The van der Waals surface area contributed by atoms with Crippen LogP contribution in [0.2, 0.25) is 5.02 Å². The van der Waals surface area contributed by atoms with Crippen LogP contribution in [0.3, 0.4) is 0 Å². The minimum atomic E-state index is -3.82. The van der Waals surface area contributed by atoms with Crippen LogP contribution in [0.15, 0.2) is 23.1 Å². The lowest BCUT2D eigenvalue weighted by Gasteiger charge is -2.34. The lowest BCUT2D eigenvalue weighted by molar-refractivity contribution is 0.262. The second-order valence-corrected chi connectivity index (χ2v) is 7.15. The van der Waals surface area contributed by atoms with E-state index in [0.29, 0.717) is 13.1 Å². The van der Waals surface area contributed by atoms with Gasteiger partial charge in [-0.3, -0.25) is 0 Å². The molecule has 2 atom stereocenters. The molecule has 0 saturated carbocycles. The summed E-state index contributed by atoms with van der Waals surface area (Å²) < 4.78 is 40.7. The molecule has 1 N–H and O–H groups in total. The molecular formula is C12H14ClFN2O2S. The van der Waals surface area contributed by atoms with E-state index in [0.717, 1.165) is 12.8 Å². The minimum Gasteiger partial charge on any atom is -0.314 e. The fourth-order valence-electron chi connectivity index (χ4n) is 2.93. The normalized spacial score (nSPS) is 27.7. The molecule has 2 aliphatic rings. The number of rotatable bonds is 2. The van der Waals surface area contributed by atoms with Crippen LogP contribution in [0.25, 0.3) is 0 Å². The molecule has 2 unspecified atom stereocenters. The summed E-state index contributed by atoms with van der Waals surface area (Å²) in [5.41, 5.74) is 0. The van der Waals surface area contributed by atoms with E-state index in [1.165, 1.54) is 22.5 Å². The van der Waals surface area contributed by atoms with Crippen molar-refractivity contribution in [3.05, 3.63) is 29.0 Å². The number of hydrogen-bond donors (Lipinski definition) is 1. The highest BCUT2D eigenvalue weighted by atomic mass is 35.5. The summed E-state index contributed by atoms with van der Waals surface area (Å²) in [4.78, 5) is -0.321. The minimum absolute atomic E-state index is 0.0814. The molecule has 2 bridgehead atoms. The maximum absolute atomic E-state index is 14.0. The van der Waals surface area contributed by atoms with Crippen molar-refractivity contribution < 1.29 is 12.8 Å². The number of piperazine rings is 1. The van der Waals surface area contributed by atoms with Gasteiger partial charge in [0.15, 0.2) is 5.82 Å². The Kier molecular flexibility index (Phi) is 3.29. The molecule has 4 nitrogen and oxygen atoms in total. The summed E-state index contributed by atoms with van der Waals surface area (Å²) in [7, 11) is -3.82. The van der Waals surface area contributed by atoms with Crippen LogP contribution in [0, 0.1) is 5.82 Å². The molecule has 0 spiro atoms. The lowest BCUT2D eigenvalue weighted by Crippen LogP contribution is -2.54. The third-order valence-corrected chi connectivity index (χ3v) is 6.10. The summed E-state index contributed by atoms with van der Waals surface area (Å²) in [6, 6.07) is 3.92. The molecular weight excluding hydrogens is 291 g/mol. The Labute approximate surface area is 116 Å². The van der Waals surface area contributed by atoms with Gasteiger partial charge in [0, 0.05) is 25.2 Å². The van der Waals surface area contributed by atoms with Crippen molar-refractivity contribution in [2.45, 2.75) is 29.8 Å². The predicted molar refractivity (Wildman–Crippen MR) is 70.1 cm³/mol. The first-order valence-electron chi connectivity index (χ1n) is 6.20. The molecule has 19 heavy (non-hydrogen) atoms. The first-order valence-corrected chi connectivity index (χ1v) is 8.02. The van der Waals surface area contributed by atoms with Crippen LogP contribution >= 0.6 is 11.6 Å². The van der Waals surface area contributed by atoms with E-state index >= 15 is 0 Å². The van der Waals surface area contributed by atoms with Crippen LogP contribution < -0.4 is 5.32 Å². The zero-order valence-corrected chi connectivity index (χ0v) is 11.7. The third kappa shape index (κ3) is 2.07. The van der Waals surface area contributed by atoms with Crippen LogP contribution in [-0.4, -0.2) is 37.9 Å². The molecule has 2 aliphatic heterocycles. The average molecular weight is 305 g/mol. The molecule has 2 saturated heterocycles. The smallest absolute Gasteiger partial charge is 0.246 e. The number of halogens is 2. The van der Waals surface area contributed by atoms with E-state index in [9.17, 15) is 12.8 Å². The van der Waals surface area contributed by atoms with Crippen LogP contribution in [0.1, 0.15) is 12.8 Å². The summed E-state index contributed by atoms with van der Waals surface area (Å²) in [6.07, 6.45) is 1.64. The average Bonchev–Trinajstić information content (AvgIpc) is 2.64. The summed E-state index contributed by atoms with van der Waals surface area (Å²) in [6.45, 7) is 1.25. The van der Waals surface area contributed by atoms with Crippen molar-refractivity contribution in [2.75, 3.05) is 13.1 Å². The molecule has 2 fully saturated rings. The topological polar surface area (TPSA) is 49.4 Å². The monoisotopic (exact) mass is 304 g/mol. The van der Waals surface area contributed by atoms with Gasteiger partial charge in [0.25, 0.3) is 0 Å². The summed E-state index contributed by atoms with van der Waals surface area (Å²) in [5, 5.41) is 3.04. The van der Waals surface area contributed by atoms with Gasteiger partial charge in [-0.15, -0.1) is 0 Å². The fourth-order valence-corrected chi connectivity index (χ4v) is 5.12. The largest absolute Gasteiger partial charge is 0.314 e. The van der Waals surface area contributed by atoms with Crippen molar-refractivity contribution in [3.63, 3.8) is 0 Å². The maximum Gasteiger partial charge on any atom is 0.246 e. The highest BCUT2D eigenvalue weighted by molar-refractivity contribution is 7.89. The number of fused-ring (bicyclic) bond motifs is 2. The standard InChI is InChI=1S/C12H14ClFN2O2S/c13-10-2-1-3-11(12(10)14)19(17,18)16-8-4-5-9(16)7-15-6-8/h1-3,8-9,15H,4-7H2. The van der Waals surface area contributed by atoms with E-state index < -0.39 is 15.8 Å². The summed E-state index contributed by atoms with van der Waals surface area (Å²) >= 11 is 5.68. The van der Waals surface area contributed by atoms with Gasteiger partial charge in [0.2, 0.25) is 10.0 Å².